The number of carbonyl (C=O) groups excluding carboxylic acids is 1. The zero-order chi connectivity index (χ0) is 13.7. The Morgan fingerprint density at radius 1 is 1.42 bits per heavy atom. The van der Waals surface area contributed by atoms with Crippen molar-refractivity contribution >= 4 is 17.5 Å². The third kappa shape index (κ3) is 4.34. The molecule has 0 aromatic heterocycles. The zero-order valence-electron chi connectivity index (χ0n) is 11.6. The molecular weight excluding hydrogens is 258 g/mol. The summed E-state index contributed by atoms with van der Waals surface area (Å²) in [5.74, 6) is 0.174. The molecule has 1 aromatic carbocycles. The molecule has 4 heteroatoms. The first kappa shape index (κ1) is 14.6. The smallest absolute Gasteiger partial charge is 0.176 e. The number of hydrogen-bond donors (Lipinski definition) is 0. The Hall–Kier alpha value is -0.840. The predicted molar refractivity (Wildman–Crippen MR) is 79.0 cm³/mol. The van der Waals surface area contributed by atoms with Gasteiger partial charge in [-0.1, -0.05) is 12.1 Å². The first-order valence-electron chi connectivity index (χ1n) is 6.66. The van der Waals surface area contributed by atoms with E-state index in [-0.39, 0.29) is 5.78 Å². The summed E-state index contributed by atoms with van der Waals surface area (Å²) in [5, 5.41) is 0. The van der Waals surface area contributed by atoms with Crippen LogP contribution in [0, 0.1) is 0 Å². The van der Waals surface area contributed by atoms with Crippen LogP contribution < -0.4 is 0 Å². The highest BCUT2D eigenvalue weighted by atomic mass is 32.2. The van der Waals surface area contributed by atoms with Crippen LogP contribution in [-0.4, -0.2) is 49.8 Å². The fourth-order valence-corrected chi connectivity index (χ4v) is 2.72. The summed E-state index contributed by atoms with van der Waals surface area (Å²) < 4.78 is 5.59. The molecule has 0 aliphatic carbocycles. The van der Waals surface area contributed by atoms with Gasteiger partial charge in [-0.25, -0.2) is 0 Å². The lowest BCUT2D eigenvalue weighted by molar-refractivity contribution is 0.0740. The average molecular weight is 279 g/mol. The lowest BCUT2D eigenvalue weighted by Gasteiger charge is -2.19. The maximum absolute atomic E-state index is 12.1. The minimum Gasteiger partial charge on any atom is -0.377 e. The van der Waals surface area contributed by atoms with Gasteiger partial charge in [0.25, 0.3) is 0 Å². The van der Waals surface area contributed by atoms with Gasteiger partial charge in [0.05, 0.1) is 12.6 Å². The standard InChI is InChI=1S/C15H21NO2S/c1-16(10-13-4-3-9-18-13)11-15(17)12-5-7-14(19-2)8-6-12/h5-8,13H,3-4,9-11H2,1-2H3. The molecule has 1 aliphatic heterocycles. The van der Waals surface area contributed by atoms with Gasteiger partial charge in [-0.3, -0.25) is 9.69 Å². The molecule has 0 saturated carbocycles. The summed E-state index contributed by atoms with van der Waals surface area (Å²) in [6.45, 7) is 2.16. The van der Waals surface area contributed by atoms with Crippen molar-refractivity contribution in [3.8, 4) is 0 Å². The second kappa shape index (κ2) is 7.08. The quantitative estimate of drug-likeness (QED) is 0.591. The summed E-state index contributed by atoms with van der Waals surface area (Å²) in [7, 11) is 1.98. The molecule has 0 radical (unpaired) electrons. The number of ketones is 1. The molecule has 1 atom stereocenters. The van der Waals surface area contributed by atoms with Gasteiger partial charge >= 0.3 is 0 Å². The molecule has 1 aliphatic rings. The van der Waals surface area contributed by atoms with Gasteiger partial charge in [0.15, 0.2) is 5.78 Å². The van der Waals surface area contributed by atoms with Crippen LogP contribution in [-0.2, 0) is 4.74 Å². The first-order valence-corrected chi connectivity index (χ1v) is 7.89. The van der Waals surface area contributed by atoms with E-state index in [1.165, 1.54) is 4.90 Å². The molecule has 3 nitrogen and oxygen atoms in total. The van der Waals surface area contributed by atoms with Crippen molar-refractivity contribution in [2.24, 2.45) is 0 Å². The monoisotopic (exact) mass is 279 g/mol. The number of carbonyl (C=O) groups is 1. The highest BCUT2D eigenvalue weighted by Gasteiger charge is 2.18. The third-order valence-corrected chi connectivity index (χ3v) is 4.11. The van der Waals surface area contributed by atoms with E-state index in [0.717, 1.165) is 31.6 Å². The molecule has 19 heavy (non-hydrogen) atoms. The maximum atomic E-state index is 12.1. The number of Topliss-reactive ketones (excluding diaryl/α,β-unsaturated/α-hetero) is 1. The van der Waals surface area contributed by atoms with Crippen molar-refractivity contribution in [1.29, 1.82) is 0 Å². The van der Waals surface area contributed by atoms with Gasteiger partial charge in [-0.15, -0.1) is 11.8 Å². The molecule has 1 unspecified atom stereocenters. The molecule has 0 spiro atoms. The molecule has 1 fully saturated rings. The number of thioether (sulfide) groups is 1. The molecule has 0 N–H and O–H groups in total. The summed E-state index contributed by atoms with van der Waals surface area (Å²) in [4.78, 5) is 15.4. The number of benzene rings is 1. The first-order chi connectivity index (χ1) is 9.19. The second-order valence-electron chi connectivity index (χ2n) is 4.98. The van der Waals surface area contributed by atoms with Gasteiger partial charge in [-0.05, 0) is 38.3 Å². The normalized spacial score (nSPS) is 19.0. The van der Waals surface area contributed by atoms with Crippen molar-refractivity contribution in [2.45, 2.75) is 23.8 Å². The number of rotatable bonds is 6. The van der Waals surface area contributed by atoms with Crippen molar-refractivity contribution in [3.05, 3.63) is 29.8 Å². The van der Waals surface area contributed by atoms with E-state index in [2.05, 4.69) is 4.90 Å². The van der Waals surface area contributed by atoms with Crippen LogP contribution in [0.1, 0.15) is 23.2 Å². The Morgan fingerprint density at radius 2 is 2.16 bits per heavy atom. The molecule has 104 valence electrons. The van der Waals surface area contributed by atoms with Crippen molar-refractivity contribution < 1.29 is 9.53 Å². The van der Waals surface area contributed by atoms with E-state index in [4.69, 9.17) is 4.74 Å². The van der Waals surface area contributed by atoms with Crippen LogP contribution >= 0.6 is 11.8 Å². The lowest BCUT2D eigenvalue weighted by atomic mass is 10.1. The maximum Gasteiger partial charge on any atom is 0.176 e. The number of likely N-dealkylation sites (N-methyl/N-ethyl adjacent to an activating group) is 1. The van der Waals surface area contributed by atoms with Crippen LogP contribution in [0.15, 0.2) is 29.2 Å². The zero-order valence-corrected chi connectivity index (χ0v) is 12.4. The molecule has 1 heterocycles. The number of nitrogens with zero attached hydrogens (tertiary/aromatic N) is 1. The van der Waals surface area contributed by atoms with Gasteiger partial charge in [0, 0.05) is 23.6 Å². The summed E-state index contributed by atoms with van der Waals surface area (Å²) in [5.41, 5.74) is 0.789. The lowest BCUT2D eigenvalue weighted by Crippen LogP contribution is -2.33. The van der Waals surface area contributed by atoms with Gasteiger partial charge in [0.1, 0.15) is 0 Å². The van der Waals surface area contributed by atoms with Crippen LogP contribution in [0.4, 0.5) is 0 Å². The van der Waals surface area contributed by atoms with Crippen molar-refractivity contribution in [3.63, 3.8) is 0 Å². The van der Waals surface area contributed by atoms with Gasteiger partial charge < -0.3 is 4.74 Å². The fraction of sp³-hybridized carbons (Fsp3) is 0.533. The largest absolute Gasteiger partial charge is 0.377 e. The van der Waals surface area contributed by atoms with E-state index < -0.39 is 0 Å². The molecule has 0 amide bonds. The van der Waals surface area contributed by atoms with E-state index in [9.17, 15) is 4.79 Å². The van der Waals surface area contributed by atoms with Crippen LogP contribution in [0.25, 0.3) is 0 Å². The topological polar surface area (TPSA) is 29.5 Å². The summed E-state index contributed by atoms with van der Waals surface area (Å²) in [6.07, 6.45) is 4.59. The molecular formula is C15H21NO2S. The van der Waals surface area contributed by atoms with E-state index >= 15 is 0 Å². The average Bonchev–Trinajstić information content (AvgIpc) is 2.91. The van der Waals surface area contributed by atoms with Crippen LogP contribution in [0.3, 0.4) is 0 Å². The highest BCUT2D eigenvalue weighted by Crippen LogP contribution is 2.16. The van der Waals surface area contributed by atoms with E-state index in [1.54, 1.807) is 11.8 Å². The Balaban J connectivity index is 1.84. The Kier molecular flexibility index (Phi) is 5.43. The summed E-state index contributed by atoms with van der Waals surface area (Å²) >= 11 is 1.69. The SMILES string of the molecule is CSc1ccc(C(=O)CN(C)CC2CCCO2)cc1. The van der Waals surface area contributed by atoms with E-state index in [1.807, 2.05) is 37.6 Å². The highest BCUT2D eigenvalue weighted by molar-refractivity contribution is 7.98. The Labute approximate surface area is 119 Å². The fourth-order valence-electron chi connectivity index (χ4n) is 2.31. The molecule has 0 bridgehead atoms. The Bertz CT molecular complexity index is 413. The minimum atomic E-state index is 0.174. The number of ether oxygens (including phenoxy) is 1. The van der Waals surface area contributed by atoms with Crippen LogP contribution in [0.5, 0.6) is 0 Å². The summed E-state index contributed by atoms with van der Waals surface area (Å²) in [6, 6.07) is 7.82. The van der Waals surface area contributed by atoms with Gasteiger partial charge in [-0.2, -0.15) is 0 Å². The minimum absolute atomic E-state index is 0.174. The number of hydrogen-bond acceptors (Lipinski definition) is 4. The molecule has 2 rings (SSSR count). The predicted octanol–water partition coefficient (Wildman–Crippen LogP) is 2.70. The Morgan fingerprint density at radius 3 is 2.74 bits per heavy atom. The van der Waals surface area contributed by atoms with E-state index in [0.29, 0.717) is 12.6 Å². The molecule has 1 saturated heterocycles. The van der Waals surface area contributed by atoms with Crippen LogP contribution in [0.2, 0.25) is 0 Å². The van der Waals surface area contributed by atoms with Crippen molar-refractivity contribution in [2.75, 3.05) is 33.0 Å². The third-order valence-electron chi connectivity index (χ3n) is 3.36. The second-order valence-corrected chi connectivity index (χ2v) is 5.86. The van der Waals surface area contributed by atoms with Gasteiger partial charge in [0.2, 0.25) is 0 Å². The van der Waals surface area contributed by atoms with Crippen molar-refractivity contribution in [1.82, 2.24) is 4.90 Å². The molecule has 1 aromatic rings.